The molecule has 2 aromatic rings. The lowest BCUT2D eigenvalue weighted by Crippen LogP contribution is -2.51. The fraction of sp³-hybridized carbons (Fsp3) is 0.393. The number of nitrogens with zero attached hydrogens (tertiary/aromatic N) is 2. The van der Waals surface area contributed by atoms with Gasteiger partial charge in [-0.25, -0.2) is 9.59 Å². The second-order valence-electron chi connectivity index (χ2n) is 9.43. The fourth-order valence-corrected chi connectivity index (χ4v) is 4.44. The van der Waals surface area contributed by atoms with Gasteiger partial charge in [-0.2, -0.15) is 0 Å². The number of ether oxygens (including phenoxy) is 2. The zero-order valence-electron chi connectivity index (χ0n) is 21.6. The highest BCUT2D eigenvalue weighted by Gasteiger charge is 2.31. The molecule has 11 heteroatoms. The maximum Gasteiger partial charge on any atom is 0.437 e. The molecular weight excluding hydrogens is 502 g/mol. The Bertz CT molecular complexity index is 1160. The quantitative estimate of drug-likeness (QED) is 0.292. The van der Waals surface area contributed by atoms with Gasteiger partial charge in [0.1, 0.15) is 13.2 Å². The predicted octanol–water partition coefficient (Wildman–Crippen LogP) is 2.71. The van der Waals surface area contributed by atoms with Gasteiger partial charge in [0.25, 0.3) is 0 Å². The molecule has 0 bridgehead atoms. The van der Waals surface area contributed by atoms with Crippen molar-refractivity contribution in [3.63, 3.8) is 0 Å². The Balaban J connectivity index is 1.35. The number of amides is 4. The second kappa shape index (κ2) is 14.1. The summed E-state index contributed by atoms with van der Waals surface area (Å²) in [6.07, 6.45) is 0.798. The van der Waals surface area contributed by atoms with Crippen LogP contribution in [0.3, 0.4) is 0 Å². The first-order valence-electron chi connectivity index (χ1n) is 13.1. The summed E-state index contributed by atoms with van der Waals surface area (Å²) >= 11 is 0. The molecule has 3 N–H and O–H groups in total. The van der Waals surface area contributed by atoms with Crippen LogP contribution in [0, 0.1) is 5.92 Å². The zero-order valence-corrected chi connectivity index (χ0v) is 21.6. The van der Waals surface area contributed by atoms with Crippen LogP contribution in [0.5, 0.6) is 0 Å². The minimum absolute atomic E-state index is 0.0174. The van der Waals surface area contributed by atoms with Gasteiger partial charge in [-0.3, -0.25) is 20.2 Å². The molecule has 2 heterocycles. The summed E-state index contributed by atoms with van der Waals surface area (Å²) in [5.74, 6) is -1.00. The number of carbonyl (C=O) groups is 4. The number of carbonyl (C=O) groups excluding carboxylic acids is 4. The first-order valence-corrected chi connectivity index (χ1v) is 13.1. The molecule has 11 nitrogen and oxygen atoms in total. The van der Waals surface area contributed by atoms with Crippen molar-refractivity contribution in [2.45, 2.75) is 44.9 Å². The van der Waals surface area contributed by atoms with E-state index < -0.39 is 12.2 Å². The number of hydrogen-bond acceptors (Lipinski definition) is 7. The van der Waals surface area contributed by atoms with Crippen molar-refractivity contribution in [3.05, 3.63) is 71.8 Å². The van der Waals surface area contributed by atoms with Crippen molar-refractivity contribution < 1.29 is 28.7 Å². The molecule has 2 aliphatic heterocycles. The van der Waals surface area contributed by atoms with Crippen LogP contribution >= 0.6 is 0 Å². The topological polar surface area (TPSA) is 138 Å². The molecule has 0 spiro atoms. The number of hydrogen-bond donors (Lipinski definition) is 3. The van der Waals surface area contributed by atoms with Gasteiger partial charge in [-0.05, 0) is 43.4 Å². The van der Waals surface area contributed by atoms with Crippen LogP contribution in [-0.2, 0) is 32.3 Å². The number of imide groups is 1. The molecule has 2 saturated heterocycles. The molecule has 0 radical (unpaired) electrons. The average molecular weight is 536 g/mol. The van der Waals surface area contributed by atoms with Crippen LogP contribution < -0.4 is 16.0 Å². The van der Waals surface area contributed by atoms with E-state index in [0.717, 1.165) is 24.1 Å². The SMILES string of the molecule is O=C(N=C(NC(=O)OCc1ccccc1)N1CCC(C(=O)NC(=O)[C@@H]2CCCN2)CC1)OCc1ccccc1. The Hall–Kier alpha value is -4.25. The third-order valence-corrected chi connectivity index (χ3v) is 6.62. The molecule has 2 fully saturated rings. The van der Waals surface area contributed by atoms with E-state index in [0.29, 0.717) is 32.4 Å². The maximum atomic E-state index is 12.7. The Morgan fingerprint density at radius 1 is 0.821 bits per heavy atom. The zero-order chi connectivity index (χ0) is 27.5. The highest BCUT2D eigenvalue weighted by atomic mass is 16.6. The Kier molecular flexibility index (Phi) is 10.0. The first kappa shape index (κ1) is 27.8. The number of guanidine groups is 1. The fourth-order valence-electron chi connectivity index (χ4n) is 4.44. The summed E-state index contributed by atoms with van der Waals surface area (Å²) in [6.45, 7) is 1.50. The van der Waals surface area contributed by atoms with Crippen LogP contribution in [0.4, 0.5) is 9.59 Å². The highest BCUT2D eigenvalue weighted by molar-refractivity contribution is 6.00. The maximum absolute atomic E-state index is 12.7. The molecule has 2 aliphatic rings. The van der Waals surface area contributed by atoms with Gasteiger partial charge in [-0.15, -0.1) is 4.99 Å². The van der Waals surface area contributed by atoms with Crippen LogP contribution in [0.25, 0.3) is 0 Å². The minimum atomic E-state index is -0.869. The third kappa shape index (κ3) is 8.64. The Morgan fingerprint density at radius 2 is 1.44 bits per heavy atom. The van der Waals surface area contributed by atoms with Gasteiger partial charge in [0.2, 0.25) is 17.8 Å². The minimum Gasteiger partial charge on any atom is -0.444 e. The predicted molar refractivity (Wildman–Crippen MR) is 142 cm³/mol. The Labute approximate surface area is 226 Å². The number of likely N-dealkylation sites (tertiary alicyclic amines) is 1. The summed E-state index contributed by atoms with van der Waals surface area (Å²) in [7, 11) is 0. The van der Waals surface area contributed by atoms with Crippen LogP contribution in [0.2, 0.25) is 0 Å². The largest absolute Gasteiger partial charge is 0.444 e. The molecule has 206 valence electrons. The lowest BCUT2D eigenvalue weighted by Gasteiger charge is -2.33. The Morgan fingerprint density at radius 3 is 2.03 bits per heavy atom. The van der Waals surface area contributed by atoms with E-state index in [9.17, 15) is 19.2 Å². The van der Waals surface area contributed by atoms with E-state index in [-0.39, 0.29) is 42.9 Å². The van der Waals surface area contributed by atoms with E-state index in [1.165, 1.54) is 0 Å². The lowest BCUT2D eigenvalue weighted by atomic mass is 9.96. The molecule has 0 aromatic heterocycles. The number of alkyl carbamates (subject to hydrolysis) is 1. The van der Waals surface area contributed by atoms with Crippen molar-refractivity contribution in [1.29, 1.82) is 0 Å². The summed E-state index contributed by atoms with van der Waals surface area (Å²) in [6, 6.07) is 18.0. The summed E-state index contributed by atoms with van der Waals surface area (Å²) in [5, 5.41) is 8.14. The first-order chi connectivity index (χ1) is 19.0. The van der Waals surface area contributed by atoms with E-state index >= 15 is 0 Å². The van der Waals surface area contributed by atoms with Crippen molar-refractivity contribution >= 4 is 30.0 Å². The van der Waals surface area contributed by atoms with Crippen LogP contribution in [-0.4, -0.2) is 60.5 Å². The van der Waals surface area contributed by atoms with Crippen molar-refractivity contribution in [2.24, 2.45) is 10.9 Å². The smallest absolute Gasteiger partial charge is 0.437 e. The van der Waals surface area contributed by atoms with Gasteiger partial charge in [0.15, 0.2) is 0 Å². The van der Waals surface area contributed by atoms with E-state index in [1.54, 1.807) is 4.90 Å². The van der Waals surface area contributed by atoms with Gasteiger partial charge in [0, 0.05) is 19.0 Å². The molecule has 2 aromatic carbocycles. The molecule has 0 saturated carbocycles. The van der Waals surface area contributed by atoms with E-state index in [4.69, 9.17) is 9.47 Å². The summed E-state index contributed by atoms with van der Waals surface area (Å²) < 4.78 is 10.6. The molecule has 1 atom stereocenters. The van der Waals surface area contributed by atoms with Crippen molar-refractivity contribution in [3.8, 4) is 0 Å². The van der Waals surface area contributed by atoms with Gasteiger partial charge >= 0.3 is 12.2 Å². The third-order valence-electron chi connectivity index (χ3n) is 6.62. The molecular formula is C28H33N5O6. The summed E-state index contributed by atoms with van der Waals surface area (Å²) in [5.41, 5.74) is 1.61. The van der Waals surface area contributed by atoms with Gasteiger partial charge in [0.05, 0.1) is 6.04 Å². The molecule has 0 unspecified atom stereocenters. The molecule has 4 amide bonds. The number of aliphatic imine (C=N–C) groups is 1. The van der Waals surface area contributed by atoms with Crippen molar-refractivity contribution in [2.75, 3.05) is 19.6 Å². The normalized spacial score (nSPS) is 17.8. The molecule has 4 rings (SSSR count). The van der Waals surface area contributed by atoms with Crippen LogP contribution in [0.15, 0.2) is 65.7 Å². The highest BCUT2D eigenvalue weighted by Crippen LogP contribution is 2.18. The molecule has 0 aliphatic carbocycles. The van der Waals surface area contributed by atoms with E-state index in [1.807, 2.05) is 60.7 Å². The average Bonchev–Trinajstić information content (AvgIpc) is 3.51. The lowest BCUT2D eigenvalue weighted by molar-refractivity contribution is -0.134. The van der Waals surface area contributed by atoms with Crippen LogP contribution in [0.1, 0.15) is 36.8 Å². The number of benzene rings is 2. The van der Waals surface area contributed by atoms with Gasteiger partial charge in [-0.1, -0.05) is 60.7 Å². The second-order valence-corrected chi connectivity index (χ2v) is 9.43. The standard InChI is InChI=1S/C28H33N5O6/c34-24(30-25(35)23-12-7-15-29-23)22-13-16-33(17-14-22)26(31-27(36)38-18-20-8-3-1-4-9-20)32-28(37)39-19-21-10-5-2-6-11-21/h1-6,8-11,22-23,29H,7,12-19H2,(H,30,34,35)(H,31,32,36,37)/t23-/m0/s1. The monoisotopic (exact) mass is 535 g/mol. The number of rotatable bonds is 6. The molecule has 39 heavy (non-hydrogen) atoms. The van der Waals surface area contributed by atoms with E-state index in [2.05, 4.69) is 20.9 Å². The number of nitrogens with one attached hydrogen (secondary N) is 3. The van der Waals surface area contributed by atoms with Crippen molar-refractivity contribution in [1.82, 2.24) is 20.9 Å². The number of piperidine rings is 1. The summed E-state index contributed by atoms with van der Waals surface area (Å²) in [4.78, 5) is 55.7. The van der Waals surface area contributed by atoms with Gasteiger partial charge < -0.3 is 19.7 Å².